The van der Waals surface area contributed by atoms with Crippen LogP contribution in [0.2, 0.25) is 0 Å². The SMILES string of the molecule is O=C(O)C=CC=CCCCCC1CCCO1. The number of unbranched alkanes of at least 4 members (excludes halogenated alkanes) is 2. The van der Waals surface area contributed by atoms with Gasteiger partial charge in [-0.3, -0.25) is 0 Å². The fourth-order valence-corrected chi connectivity index (χ4v) is 1.82. The molecule has 1 fully saturated rings. The maximum absolute atomic E-state index is 10.1. The van der Waals surface area contributed by atoms with E-state index in [2.05, 4.69) is 0 Å². The number of carboxylic acids is 1. The van der Waals surface area contributed by atoms with Crippen LogP contribution in [0.15, 0.2) is 24.3 Å². The molecule has 1 aliphatic heterocycles. The molecule has 16 heavy (non-hydrogen) atoms. The Kier molecular flexibility index (Phi) is 6.58. The predicted molar refractivity (Wildman–Crippen MR) is 63.4 cm³/mol. The van der Waals surface area contributed by atoms with E-state index in [1.165, 1.54) is 25.7 Å². The molecule has 1 aliphatic rings. The highest BCUT2D eigenvalue weighted by Gasteiger charge is 2.13. The summed E-state index contributed by atoms with van der Waals surface area (Å²) in [7, 11) is 0. The molecule has 90 valence electrons. The fraction of sp³-hybridized carbons (Fsp3) is 0.615. The Morgan fingerprint density at radius 2 is 2.25 bits per heavy atom. The smallest absolute Gasteiger partial charge is 0.328 e. The summed E-state index contributed by atoms with van der Waals surface area (Å²) >= 11 is 0. The third-order valence-electron chi connectivity index (χ3n) is 2.66. The van der Waals surface area contributed by atoms with Crippen molar-refractivity contribution in [2.75, 3.05) is 6.61 Å². The monoisotopic (exact) mass is 224 g/mol. The van der Waals surface area contributed by atoms with Crippen LogP contribution in [-0.4, -0.2) is 23.8 Å². The lowest BCUT2D eigenvalue weighted by Crippen LogP contribution is -2.03. The van der Waals surface area contributed by atoms with Crippen LogP contribution in [-0.2, 0) is 9.53 Å². The summed E-state index contributed by atoms with van der Waals surface area (Å²) in [5.74, 6) is -0.900. The summed E-state index contributed by atoms with van der Waals surface area (Å²) in [6.45, 7) is 0.935. The van der Waals surface area contributed by atoms with E-state index in [-0.39, 0.29) is 0 Å². The number of carbonyl (C=O) groups is 1. The van der Waals surface area contributed by atoms with Crippen molar-refractivity contribution in [3.05, 3.63) is 24.3 Å². The molecule has 1 unspecified atom stereocenters. The van der Waals surface area contributed by atoms with E-state index in [4.69, 9.17) is 9.84 Å². The summed E-state index contributed by atoms with van der Waals surface area (Å²) in [5.41, 5.74) is 0. The van der Waals surface area contributed by atoms with Gasteiger partial charge in [0.15, 0.2) is 0 Å². The zero-order valence-corrected chi connectivity index (χ0v) is 9.60. The standard InChI is InChI=1S/C13H20O3/c14-13(15)10-6-4-2-1-3-5-8-12-9-7-11-16-12/h2,4,6,10,12H,1,3,5,7-9,11H2,(H,14,15). The van der Waals surface area contributed by atoms with Gasteiger partial charge in [-0.1, -0.05) is 24.6 Å². The van der Waals surface area contributed by atoms with E-state index in [1.807, 2.05) is 6.08 Å². The topological polar surface area (TPSA) is 46.5 Å². The van der Waals surface area contributed by atoms with Crippen molar-refractivity contribution in [2.45, 2.75) is 44.6 Å². The zero-order chi connectivity index (χ0) is 11.6. The Hall–Kier alpha value is -1.09. The molecule has 3 heteroatoms. The fourth-order valence-electron chi connectivity index (χ4n) is 1.82. The van der Waals surface area contributed by atoms with Gasteiger partial charge in [0.2, 0.25) is 0 Å². The summed E-state index contributed by atoms with van der Waals surface area (Å²) < 4.78 is 5.53. The van der Waals surface area contributed by atoms with Crippen molar-refractivity contribution < 1.29 is 14.6 Å². The Labute approximate surface area is 96.8 Å². The molecule has 0 radical (unpaired) electrons. The molecular weight excluding hydrogens is 204 g/mol. The second-order valence-electron chi connectivity index (χ2n) is 4.04. The molecule has 3 nitrogen and oxygen atoms in total. The predicted octanol–water partition coefficient (Wildman–Crippen LogP) is 2.92. The van der Waals surface area contributed by atoms with Crippen LogP contribution in [0.5, 0.6) is 0 Å². The van der Waals surface area contributed by atoms with Crippen LogP contribution in [0.3, 0.4) is 0 Å². The van der Waals surface area contributed by atoms with E-state index >= 15 is 0 Å². The van der Waals surface area contributed by atoms with E-state index in [1.54, 1.807) is 12.2 Å². The quantitative estimate of drug-likeness (QED) is 0.411. The Balaban J connectivity index is 1.92. The molecule has 1 heterocycles. The van der Waals surface area contributed by atoms with Crippen molar-refractivity contribution in [1.29, 1.82) is 0 Å². The molecule has 0 aromatic carbocycles. The Morgan fingerprint density at radius 1 is 1.38 bits per heavy atom. The lowest BCUT2D eigenvalue weighted by atomic mass is 10.1. The second-order valence-corrected chi connectivity index (χ2v) is 4.04. The van der Waals surface area contributed by atoms with Gasteiger partial charge in [-0.25, -0.2) is 4.79 Å². The lowest BCUT2D eigenvalue weighted by Gasteiger charge is -2.07. The molecule has 0 spiro atoms. The maximum Gasteiger partial charge on any atom is 0.328 e. The number of aliphatic carboxylic acids is 1. The highest BCUT2D eigenvalue weighted by Crippen LogP contribution is 2.18. The molecule has 1 N–H and O–H groups in total. The van der Waals surface area contributed by atoms with Crippen molar-refractivity contribution >= 4 is 5.97 Å². The molecule has 0 aliphatic carbocycles. The van der Waals surface area contributed by atoms with E-state index < -0.39 is 5.97 Å². The van der Waals surface area contributed by atoms with Gasteiger partial charge >= 0.3 is 5.97 Å². The number of ether oxygens (including phenoxy) is 1. The molecule has 0 aromatic heterocycles. The van der Waals surface area contributed by atoms with E-state index in [0.717, 1.165) is 25.5 Å². The highest BCUT2D eigenvalue weighted by molar-refractivity contribution is 5.80. The summed E-state index contributed by atoms with van der Waals surface area (Å²) in [6.07, 6.45) is 13.9. The van der Waals surface area contributed by atoms with Crippen molar-refractivity contribution in [2.24, 2.45) is 0 Å². The van der Waals surface area contributed by atoms with Gasteiger partial charge in [0.25, 0.3) is 0 Å². The minimum atomic E-state index is -0.900. The molecule has 1 saturated heterocycles. The van der Waals surface area contributed by atoms with Crippen molar-refractivity contribution in [1.82, 2.24) is 0 Å². The van der Waals surface area contributed by atoms with Crippen LogP contribution in [0, 0.1) is 0 Å². The van der Waals surface area contributed by atoms with Crippen molar-refractivity contribution in [3.63, 3.8) is 0 Å². The molecule has 0 aromatic rings. The largest absolute Gasteiger partial charge is 0.478 e. The van der Waals surface area contributed by atoms with Crippen LogP contribution >= 0.6 is 0 Å². The summed E-state index contributed by atoms with van der Waals surface area (Å²) in [5, 5.41) is 8.34. The number of carboxylic acid groups (broad SMARTS) is 1. The number of hydrogen-bond acceptors (Lipinski definition) is 2. The van der Waals surface area contributed by atoms with Gasteiger partial charge in [0.05, 0.1) is 6.10 Å². The summed E-state index contributed by atoms with van der Waals surface area (Å²) in [4.78, 5) is 10.1. The molecular formula is C13H20O3. The van der Waals surface area contributed by atoms with Gasteiger partial charge in [-0.05, 0) is 32.1 Å². The van der Waals surface area contributed by atoms with Gasteiger partial charge < -0.3 is 9.84 Å². The van der Waals surface area contributed by atoms with Crippen LogP contribution in [0.4, 0.5) is 0 Å². The minimum Gasteiger partial charge on any atom is -0.478 e. The van der Waals surface area contributed by atoms with E-state index in [9.17, 15) is 4.79 Å². The Bertz CT molecular complexity index is 250. The lowest BCUT2D eigenvalue weighted by molar-refractivity contribution is -0.131. The first-order valence-corrected chi connectivity index (χ1v) is 5.97. The van der Waals surface area contributed by atoms with Gasteiger partial charge in [-0.2, -0.15) is 0 Å². The number of allylic oxidation sites excluding steroid dienone is 3. The Morgan fingerprint density at radius 3 is 2.94 bits per heavy atom. The normalized spacial score (nSPS) is 21.1. The van der Waals surface area contributed by atoms with Crippen LogP contribution < -0.4 is 0 Å². The van der Waals surface area contributed by atoms with E-state index in [0.29, 0.717) is 6.10 Å². The van der Waals surface area contributed by atoms with Gasteiger partial charge in [0.1, 0.15) is 0 Å². The molecule has 0 bridgehead atoms. The van der Waals surface area contributed by atoms with Crippen molar-refractivity contribution in [3.8, 4) is 0 Å². The maximum atomic E-state index is 10.1. The average Bonchev–Trinajstić information content (AvgIpc) is 2.74. The number of rotatable bonds is 7. The van der Waals surface area contributed by atoms with Gasteiger partial charge in [0, 0.05) is 12.7 Å². The minimum absolute atomic E-state index is 0.496. The third kappa shape index (κ3) is 6.40. The first-order chi connectivity index (χ1) is 7.79. The molecule has 0 amide bonds. The first kappa shape index (κ1) is 13.0. The number of hydrogen-bond donors (Lipinski definition) is 1. The summed E-state index contributed by atoms with van der Waals surface area (Å²) in [6, 6.07) is 0. The average molecular weight is 224 g/mol. The highest BCUT2D eigenvalue weighted by atomic mass is 16.5. The zero-order valence-electron chi connectivity index (χ0n) is 9.60. The molecule has 1 rings (SSSR count). The second kappa shape index (κ2) is 8.11. The van der Waals surface area contributed by atoms with Crippen LogP contribution in [0.1, 0.15) is 38.5 Å². The van der Waals surface area contributed by atoms with Crippen LogP contribution in [0.25, 0.3) is 0 Å². The third-order valence-corrected chi connectivity index (χ3v) is 2.66. The molecule has 1 atom stereocenters. The van der Waals surface area contributed by atoms with Gasteiger partial charge in [-0.15, -0.1) is 0 Å². The molecule has 0 saturated carbocycles. The first-order valence-electron chi connectivity index (χ1n) is 5.97.